The second-order valence-electron chi connectivity index (χ2n) is 5.46. The molecular weight excluding hydrogens is 319 g/mol. The van der Waals surface area contributed by atoms with Gasteiger partial charge in [-0.15, -0.1) is 0 Å². The number of halogens is 1. The largest absolute Gasteiger partial charge is 0.486 e. The molecule has 0 bridgehead atoms. The first kappa shape index (κ1) is 16.7. The number of carbonyl (C=O) groups is 1. The van der Waals surface area contributed by atoms with Gasteiger partial charge in [-0.1, -0.05) is 60.7 Å². The van der Waals surface area contributed by atoms with Gasteiger partial charge in [0.2, 0.25) is 5.82 Å². The molecule has 3 aromatic carbocycles. The number of benzene rings is 3. The van der Waals surface area contributed by atoms with Crippen molar-refractivity contribution in [1.29, 1.82) is 0 Å². The van der Waals surface area contributed by atoms with Gasteiger partial charge in [0.25, 0.3) is 0 Å². The quantitative estimate of drug-likeness (QED) is 0.582. The zero-order chi connectivity index (χ0) is 17.5. The minimum atomic E-state index is -0.670. The molecule has 0 fully saturated rings. The average molecular weight is 336 g/mol. The van der Waals surface area contributed by atoms with Gasteiger partial charge in [-0.05, 0) is 23.3 Å². The van der Waals surface area contributed by atoms with E-state index in [1.807, 2.05) is 60.7 Å². The molecule has 0 unspecified atom stereocenters. The van der Waals surface area contributed by atoms with Crippen molar-refractivity contribution in [1.82, 2.24) is 0 Å². The van der Waals surface area contributed by atoms with E-state index in [9.17, 15) is 9.18 Å². The average Bonchev–Trinajstić information content (AvgIpc) is 2.67. The second kappa shape index (κ2) is 8.11. The Morgan fingerprint density at radius 3 is 1.88 bits per heavy atom. The molecule has 3 aromatic rings. The van der Waals surface area contributed by atoms with Gasteiger partial charge in [0.1, 0.15) is 13.2 Å². The predicted molar refractivity (Wildman–Crippen MR) is 93.3 cm³/mol. The molecule has 0 aliphatic carbocycles. The molecule has 126 valence electrons. The van der Waals surface area contributed by atoms with Crippen molar-refractivity contribution >= 4 is 6.29 Å². The van der Waals surface area contributed by atoms with E-state index < -0.39 is 5.82 Å². The van der Waals surface area contributed by atoms with Gasteiger partial charge >= 0.3 is 0 Å². The first-order valence-corrected chi connectivity index (χ1v) is 7.89. The standard InChI is InChI=1S/C21H17FO3/c22-20-19(24-14-16-7-3-1-4-8-16)12-11-18(13-23)21(20)25-15-17-9-5-2-6-10-17/h1-13H,14-15H2. The van der Waals surface area contributed by atoms with Crippen LogP contribution in [-0.2, 0) is 13.2 Å². The van der Waals surface area contributed by atoms with Crippen LogP contribution in [0.25, 0.3) is 0 Å². The normalized spacial score (nSPS) is 10.3. The number of hydrogen-bond acceptors (Lipinski definition) is 3. The number of hydrogen-bond donors (Lipinski definition) is 0. The molecule has 25 heavy (non-hydrogen) atoms. The van der Waals surface area contributed by atoms with Crippen LogP contribution in [0.15, 0.2) is 72.8 Å². The van der Waals surface area contributed by atoms with Crippen LogP contribution in [0.3, 0.4) is 0 Å². The van der Waals surface area contributed by atoms with Crippen molar-refractivity contribution in [3.05, 3.63) is 95.3 Å². The molecule has 0 aliphatic rings. The van der Waals surface area contributed by atoms with Gasteiger partial charge in [-0.3, -0.25) is 4.79 Å². The van der Waals surface area contributed by atoms with E-state index >= 15 is 0 Å². The van der Waals surface area contributed by atoms with Gasteiger partial charge in [0.05, 0.1) is 5.56 Å². The fourth-order valence-corrected chi connectivity index (χ4v) is 2.37. The lowest BCUT2D eigenvalue weighted by Crippen LogP contribution is -2.04. The highest BCUT2D eigenvalue weighted by Gasteiger charge is 2.16. The second-order valence-corrected chi connectivity index (χ2v) is 5.46. The van der Waals surface area contributed by atoms with Crippen molar-refractivity contribution in [2.45, 2.75) is 13.2 Å². The van der Waals surface area contributed by atoms with Gasteiger partial charge < -0.3 is 9.47 Å². The maximum absolute atomic E-state index is 14.7. The number of aldehydes is 1. The van der Waals surface area contributed by atoms with E-state index in [-0.39, 0.29) is 30.3 Å². The molecule has 0 aliphatic heterocycles. The molecule has 0 radical (unpaired) electrons. The molecule has 0 aromatic heterocycles. The Bertz CT molecular complexity index is 833. The van der Waals surface area contributed by atoms with E-state index in [1.165, 1.54) is 12.1 Å². The predicted octanol–water partition coefficient (Wildman–Crippen LogP) is 4.80. The summed E-state index contributed by atoms with van der Waals surface area (Å²) in [7, 11) is 0. The molecule has 3 rings (SSSR count). The van der Waals surface area contributed by atoms with Crippen molar-refractivity contribution < 1.29 is 18.7 Å². The lowest BCUT2D eigenvalue weighted by atomic mass is 10.2. The van der Waals surface area contributed by atoms with Crippen molar-refractivity contribution in [3.63, 3.8) is 0 Å². The molecular formula is C21H17FO3. The van der Waals surface area contributed by atoms with Crippen LogP contribution in [0, 0.1) is 5.82 Å². The number of carbonyl (C=O) groups excluding carboxylic acids is 1. The van der Waals surface area contributed by atoms with Crippen molar-refractivity contribution in [3.8, 4) is 11.5 Å². The Morgan fingerprint density at radius 2 is 1.32 bits per heavy atom. The molecule has 0 amide bonds. The maximum atomic E-state index is 14.7. The van der Waals surface area contributed by atoms with Crippen LogP contribution in [0.4, 0.5) is 4.39 Å². The van der Waals surface area contributed by atoms with E-state index in [1.54, 1.807) is 0 Å². The first-order chi connectivity index (χ1) is 12.3. The lowest BCUT2D eigenvalue weighted by molar-refractivity contribution is 0.111. The van der Waals surface area contributed by atoms with Crippen molar-refractivity contribution in [2.24, 2.45) is 0 Å². The third kappa shape index (κ3) is 4.23. The Kier molecular flexibility index (Phi) is 5.42. The highest BCUT2D eigenvalue weighted by Crippen LogP contribution is 2.31. The van der Waals surface area contributed by atoms with Gasteiger partial charge in [-0.2, -0.15) is 4.39 Å². The Hall–Kier alpha value is -3.14. The third-order valence-electron chi connectivity index (χ3n) is 3.68. The molecule has 3 nitrogen and oxygen atoms in total. The first-order valence-electron chi connectivity index (χ1n) is 7.89. The third-order valence-corrected chi connectivity index (χ3v) is 3.68. The molecule has 0 N–H and O–H groups in total. The van der Waals surface area contributed by atoms with Crippen LogP contribution in [0.5, 0.6) is 11.5 Å². The number of ether oxygens (including phenoxy) is 2. The molecule has 4 heteroatoms. The fraction of sp³-hybridized carbons (Fsp3) is 0.0952. The summed E-state index contributed by atoms with van der Waals surface area (Å²) in [6.07, 6.45) is 0.574. The van der Waals surface area contributed by atoms with Gasteiger partial charge in [0, 0.05) is 0 Å². The van der Waals surface area contributed by atoms with E-state index in [0.29, 0.717) is 6.29 Å². The highest BCUT2D eigenvalue weighted by atomic mass is 19.1. The van der Waals surface area contributed by atoms with Crippen LogP contribution in [0.2, 0.25) is 0 Å². The Morgan fingerprint density at radius 1 is 0.760 bits per heavy atom. The summed E-state index contributed by atoms with van der Waals surface area (Å²) in [5.41, 5.74) is 1.96. The topological polar surface area (TPSA) is 35.5 Å². The fourth-order valence-electron chi connectivity index (χ4n) is 2.37. The Labute approximate surface area is 145 Å². The highest BCUT2D eigenvalue weighted by molar-refractivity contribution is 5.80. The minimum absolute atomic E-state index is 0.0533. The van der Waals surface area contributed by atoms with Crippen LogP contribution >= 0.6 is 0 Å². The van der Waals surface area contributed by atoms with Crippen LogP contribution in [0.1, 0.15) is 21.5 Å². The zero-order valence-electron chi connectivity index (χ0n) is 13.5. The Balaban J connectivity index is 1.77. The summed E-state index contributed by atoms with van der Waals surface area (Å²) < 4.78 is 25.8. The summed E-state index contributed by atoms with van der Waals surface area (Å²) in [5, 5.41) is 0. The van der Waals surface area contributed by atoms with Crippen molar-refractivity contribution in [2.75, 3.05) is 0 Å². The maximum Gasteiger partial charge on any atom is 0.207 e. The van der Waals surface area contributed by atoms with E-state index in [4.69, 9.17) is 9.47 Å². The minimum Gasteiger partial charge on any atom is -0.486 e. The van der Waals surface area contributed by atoms with E-state index in [0.717, 1.165) is 11.1 Å². The van der Waals surface area contributed by atoms with Crippen LogP contribution in [-0.4, -0.2) is 6.29 Å². The summed E-state index contributed by atoms with van der Waals surface area (Å²) in [4.78, 5) is 11.2. The smallest absolute Gasteiger partial charge is 0.207 e. The molecule has 0 saturated heterocycles. The summed E-state index contributed by atoms with van der Waals surface area (Å²) in [5.74, 6) is -0.710. The summed E-state index contributed by atoms with van der Waals surface area (Å²) in [6, 6.07) is 21.8. The summed E-state index contributed by atoms with van der Waals surface area (Å²) >= 11 is 0. The zero-order valence-corrected chi connectivity index (χ0v) is 13.5. The SMILES string of the molecule is O=Cc1ccc(OCc2ccccc2)c(F)c1OCc1ccccc1. The van der Waals surface area contributed by atoms with Crippen LogP contribution < -0.4 is 9.47 Å². The lowest BCUT2D eigenvalue weighted by Gasteiger charge is -2.13. The number of rotatable bonds is 7. The summed E-state index contributed by atoms with van der Waals surface area (Å²) in [6.45, 7) is 0.400. The molecule has 0 heterocycles. The molecule has 0 spiro atoms. The molecule has 0 saturated carbocycles. The van der Waals surface area contributed by atoms with E-state index in [2.05, 4.69) is 0 Å². The monoisotopic (exact) mass is 336 g/mol. The molecule has 0 atom stereocenters. The van der Waals surface area contributed by atoms with Gasteiger partial charge in [-0.25, -0.2) is 0 Å². The van der Waals surface area contributed by atoms with Gasteiger partial charge in [0.15, 0.2) is 17.8 Å².